The molecule has 0 radical (unpaired) electrons. The average Bonchev–Trinajstić information content (AvgIpc) is 3.30. The van der Waals surface area contributed by atoms with Gasteiger partial charge >= 0.3 is 0 Å². The van der Waals surface area contributed by atoms with Crippen LogP contribution in [0, 0.1) is 0 Å². The van der Waals surface area contributed by atoms with E-state index < -0.39 is 5.41 Å². The topological polar surface area (TPSA) is 66.9 Å². The van der Waals surface area contributed by atoms with Crippen molar-refractivity contribution >= 4 is 23.8 Å². The molecule has 3 amide bonds. The average molecular weight is 445 g/mol. The van der Waals surface area contributed by atoms with Gasteiger partial charge in [-0.2, -0.15) is 0 Å². The maximum atomic E-state index is 13.5. The van der Waals surface area contributed by atoms with Crippen LogP contribution in [-0.4, -0.2) is 54.8 Å². The summed E-state index contributed by atoms with van der Waals surface area (Å²) in [6.07, 6.45) is 6.15. The zero-order chi connectivity index (χ0) is 23.2. The number of likely N-dealkylation sites (tertiary alicyclic amines) is 2. The van der Waals surface area contributed by atoms with Gasteiger partial charge in [0.15, 0.2) is 0 Å². The Labute approximate surface area is 193 Å². The van der Waals surface area contributed by atoms with Crippen LogP contribution in [0.2, 0.25) is 0 Å². The van der Waals surface area contributed by atoms with Crippen LogP contribution in [0.4, 0.5) is 0 Å². The van der Waals surface area contributed by atoms with Crippen molar-refractivity contribution in [3.8, 4) is 5.75 Å². The molecule has 2 aromatic carbocycles. The molecule has 5 rings (SSSR count). The molecule has 2 fully saturated rings. The van der Waals surface area contributed by atoms with E-state index in [0.717, 1.165) is 17.7 Å². The van der Waals surface area contributed by atoms with Crippen molar-refractivity contribution in [3.05, 3.63) is 71.3 Å². The number of rotatable bonds is 4. The summed E-state index contributed by atoms with van der Waals surface area (Å²) in [7, 11) is 3.05. The molecule has 1 atom stereocenters. The number of amides is 3. The molecule has 6 heteroatoms. The molecule has 3 aliphatic rings. The molecule has 0 bridgehead atoms. The molecule has 1 spiro atoms. The summed E-state index contributed by atoms with van der Waals surface area (Å²) in [6.45, 7) is 1.26. The molecule has 170 valence electrons. The Balaban J connectivity index is 1.38. The number of methoxy groups -OCH3 is 1. The van der Waals surface area contributed by atoms with Crippen molar-refractivity contribution in [2.24, 2.45) is 0 Å². The number of nitrogens with zero attached hydrogens (tertiary/aromatic N) is 2. The molecule has 2 aromatic rings. The molecule has 2 saturated heterocycles. The van der Waals surface area contributed by atoms with Crippen molar-refractivity contribution in [2.75, 3.05) is 27.2 Å². The van der Waals surface area contributed by atoms with E-state index in [1.54, 1.807) is 25.3 Å². The first-order valence-electron chi connectivity index (χ1n) is 11.4. The summed E-state index contributed by atoms with van der Waals surface area (Å²) < 4.78 is 5.34. The summed E-state index contributed by atoms with van der Waals surface area (Å²) in [5.74, 6) is -0.0729. The smallest absolute Gasteiger partial charge is 0.240 e. The van der Waals surface area contributed by atoms with Gasteiger partial charge in [0, 0.05) is 38.4 Å². The number of benzene rings is 2. The number of ether oxygens (including phenoxy) is 1. The summed E-state index contributed by atoms with van der Waals surface area (Å²) in [5.41, 5.74) is 2.04. The van der Waals surface area contributed by atoms with Crippen molar-refractivity contribution < 1.29 is 19.1 Å². The fourth-order valence-corrected chi connectivity index (χ4v) is 5.67. The van der Waals surface area contributed by atoms with Crippen LogP contribution in [-0.2, 0) is 25.2 Å². The Hall–Kier alpha value is -3.41. The van der Waals surface area contributed by atoms with Gasteiger partial charge in [-0.1, -0.05) is 48.6 Å². The molecule has 0 aromatic heterocycles. The number of imide groups is 1. The molecular weight excluding hydrogens is 416 g/mol. The highest BCUT2D eigenvalue weighted by molar-refractivity contribution is 6.10. The number of carbonyl (C=O) groups excluding carboxylic acids is 3. The van der Waals surface area contributed by atoms with Gasteiger partial charge in [0.05, 0.1) is 12.5 Å². The van der Waals surface area contributed by atoms with E-state index in [9.17, 15) is 14.4 Å². The Bertz CT molecular complexity index is 1160. The number of piperidine rings is 1. The second kappa shape index (κ2) is 7.87. The number of carbonyl (C=O) groups is 3. The Kier molecular flexibility index (Phi) is 5.11. The maximum absolute atomic E-state index is 13.5. The molecule has 0 saturated carbocycles. The van der Waals surface area contributed by atoms with Crippen molar-refractivity contribution in [2.45, 2.75) is 36.5 Å². The number of fused-ring (bicyclic) bond motifs is 2. The predicted octanol–water partition coefficient (Wildman–Crippen LogP) is 3.30. The van der Waals surface area contributed by atoms with E-state index in [2.05, 4.69) is 36.4 Å². The number of hydrogen-bond donors (Lipinski definition) is 0. The third-order valence-corrected chi connectivity index (χ3v) is 7.70. The molecule has 1 aliphatic carbocycles. The normalized spacial score (nSPS) is 23.3. The third-order valence-electron chi connectivity index (χ3n) is 7.70. The highest BCUT2D eigenvalue weighted by atomic mass is 16.5. The molecule has 6 nitrogen and oxygen atoms in total. The molecular formula is C27H28N2O4. The first-order chi connectivity index (χ1) is 15.9. The highest BCUT2D eigenvalue weighted by Crippen LogP contribution is 2.45. The van der Waals surface area contributed by atoms with Crippen LogP contribution in [0.1, 0.15) is 42.4 Å². The monoisotopic (exact) mass is 444 g/mol. The first-order valence-corrected chi connectivity index (χ1v) is 11.4. The number of hydrogen-bond acceptors (Lipinski definition) is 4. The lowest BCUT2D eigenvalue weighted by Gasteiger charge is -2.40. The lowest BCUT2D eigenvalue weighted by atomic mass is 9.73. The van der Waals surface area contributed by atoms with Crippen molar-refractivity contribution in [3.63, 3.8) is 0 Å². The Morgan fingerprint density at radius 1 is 1.06 bits per heavy atom. The second-order valence-corrected chi connectivity index (χ2v) is 9.38. The molecule has 33 heavy (non-hydrogen) atoms. The van der Waals surface area contributed by atoms with Gasteiger partial charge in [0.2, 0.25) is 17.7 Å². The zero-order valence-electron chi connectivity index (χ0n) is 19.0. The van der Waals surface area contributed by atoms with Gasteiger partial charge in [0.1, 0.15) is 5.75 Å². The van der Waals surface area contributed by atoms with Gasteiger partial charge in [-0.05, 0) is 41.7 Å². The summed E-state index contributed by atoms with van der Waals surface area (Å²) >= 11 is 0. The van der Waals surface area contributed by atoms with Crippen LogP contribution in [0.25, 0.3) is 6.08 Å². The zero-order valence-corrected chi connectivity index (χ0v) is 19.0. The quantitative estimate of drug-likeness (QED) is 0.679. The fraction of sp³-hybridized carbons (Fsp3) is 0.370. The van der Waals surface area contributed by atoms with Gasteiger partial charge in [-0.15, -0.1) is 0 Å². The number of likely N-dealkylation sites (N-methyl/N-ethyl adjacent to an activating group) is 1. The Morgan fingerprint density at radius 3 is 2.52 bits per heavy atom. The Morgan fingerprint density at radius 2 is 1.82 bits per heavy atom. The predicted molar refractivity (Wildman–Crippen MR) is 125 cm³/mol. The van der Waals surface area contributed by atoms with Crippen LogP contribution in [0.3, 0.4) is 0 Å². The largest absolute Gasteiger partial charge is 0.497 e. The molecule has 0 N–H and O–H groups in total. The maximum Gasteiger partial charge on any atom is 0.240 e. The summed E-state index contributed by atoms with van der Waals surface area (Å²) in [5, 5.41) is 0. The van der Waals surface area contributed by atoms with Crippen LogP contribution >= 0.6 is 0 Å². The third kappa shape index (κ3) is 3.36. The van der Waals surface area contributed by atoms with E-state index >= 15 is 0 Å². The van der Waals surface area contributed by atoms with E-state index in [-0.39, 0.29) is 36.0 Å². The van der Waals surface area contributed by atoms with Crippen molar-refractivity contribution in [1.29, 1.82) is 0 Å². The highest BCUT2D eigenvalue weighted by Gasteiger charge is 2.53. The van der Waals surface area contributed by atoms with Crippen LogP contribution in [0.15, 0.2) is 54.6 Å². The molecule has 1 unspecified atom stereocenters. The number of allylic oxidation sites excluding steroid dienone is 1. The summed E-state index contributed by atoms with van der Waals surface area (Å²) in [6, 6.07) is 15.6. The minimum absolute atomic E-state index is 0.00483. The van der Waals surface area contributed by atoms with E-state index in [1.165, 1.54) is 18.2 Å². The van der Waals surface area contributed by atoms with Gasteiger partial charge in [0.25, 0.3) is 0 Å². The van der Waals surface area contributed by atoms with Gasteiger partial charge in [-0.3, -0.25) is 19.3 Å². The summed E-state index contributed by atoms with van der Waals surface area (Å²) in [4.78, 5) is 42.3. The second-order valence-electron chi connectivity index (χ2n) is 9.38. The minimum Gasteiger partial charge on any atom is -0.497 e. The first kappa shape index (κ1) is 21.4. The fourth-order valence-electron chi connectivity index (χ4n) is 5.67. The van der Waals surface area contributed by atoms with E-state index in [0.29, 0.717) is 24.4 Å². The van der Waals surface area contributed by atoms with Crippen LogP contribution in [0.5, 0.6) is 5.75 Å². The van der Waals surface area contributed by atoms with Gasteiger partial charge in [-0.25, -0.2) is 0 Å². The molecule has 2 aliphatic heterocycles. The van der Waals surface area contributed by atoms with E-state index in [4.69, 9.17) is 4.74 Å². The molecule has 2 heterocycles. The van der Waals surface area contributed by atoms with Gasteiger partial charge < -0.3 is 9.64 Å². The van der Waals surface area contributed by atoms with Crippen molar-refractivity contribution in [1.82, 2.24) is 9.80 Å². The lowest BCUT2D eigenvalue weighted by molar-refractivity contribution is -0.142. The standard InChI is InChI=1S/C27H28N2O4/c1-28-23(30)17-27(25(28)32,20-7-5-8-21(16-20)33-2)18-24(31)29-14-12-26(13-15-29)11-10-19-6-3-4-9-22(19)26/h3-11,16H,12-15,17-18H2,1-2H3. The van der Waals surface area contributed by atoms with E-state index in [1.807, 2.05) is 11.0 Å². The SMILES string of the molecule is COc1cccc(C2(CC(=O)N3CCC4(C=Cc5ccccc54)CC3)CC(=O)N(C)C2=O)c1. The minimum atomic E-state index is -1.19. The lowest BCUT2D eigenvalue weighted by Crippen LogP contribution is -2.47. The van der Waals surface area contributed by atoms with Crippen LogP contribution < -0.4 is 4.74 Å².